The SMILES string of the molecule is COCC(O)CNCC(=O)N1CCc2ccccc2[C@@H]1c1ccccc1. The number of rotatable bonds is 7. The van der Waals surface area contributed by atoms with Crippen LogP contribution in [0.25, 0.3) is 0 Å². The van der Waals surface area contributed by atoms with Gasteiger partial charge in [-0.25, -0.2) is 0 Å². The van der Waals surface area contributed by atoms with E-state index in [1.807, 2.05) is 29.2 Å². The van der Waals surface area contributed by atoms with Crippen LogP contribution in [0.2, 0.25) is 0 Å². The standard InChI is InChI=1S/C21H26N2O3/c1-26-15-18(24)13-22-14-20(25)23-12-11-16-7-5-6-10-19(16)21(23)17-8-3-2-4-9-17/h2-10,18,21-22,24H,11-15H2,1H3/t18?,21-/m0/s1. The number of aliphatic hydroxyl groups is 1. The molecule has 1 aliphatic heterocycles. The van der Waals surface area contributed by atoms with Gasteiger partial charge in [0.2, 0.25) is 5.91 Å². The Morgan fingerprint density at radius 1 is 1.23 bits per heavy atom. The van der Waals surface area contributed by atoms with Crippen LogP contribution in [-0.4, -0.2) is 55.4 Å². The van der Waals surface area contributed by atoms with Gasteiger partial charge in [0.1, 0.15) is 0 Å². The minimum Gasteiger partial charge on any atom is -0.389 e. The Bertz CT molecular complexity index is 720. The molecule has 138 valence electrons. The summed E-state index contributed by atoms with van der Waals surface area (Å²) < 4.78 is 4.91. The molecule has 0 saturated heterocycles. The maximum absolute atomic E-state index is 12.9. The number of amides is 1. The van der Waals surface area contributed by atoms with Crippen LogP contribution in [0.5, 0.6) is 0 Å². The van der Waals surface area contributed by atoms with E-state index < -0.39 is 6.10 Å². The van der Waals surface area contributed by atoms with Gasteiger partial charge in [0.15, 0.2) is 0 Å². The van der Waals surface area contributed by atoms with E-state index in [-0.39, 0.29) is 25.1 Å². The molecule has 2 atom stereocenters. The van der Waals surface area contributed by atoms with Crippen LogP contribution >= 0.6 is 0 Å². The van der Waals surface area contributed by atoms with Gasteiger partial charge >= 0.3 is 0 Å². The molecule has 0 bridgehead atoms. The second kappa shape index (κ2) is 8.94. The normalized spacial score (nSPS) is 17.6. The maximum Gasteiger partial charge on any atom is 0.237 e. The number of carbonyl (C=O) groups is 1. The van der Waals surface area contributed by atoms with E-state index in [2.05, 4.69) is 35.6 Å². The van der Waals surface area contributed by atoms with Crippen molar-refractivity contribution >= 4 is 5.91 Å². The summed E-state index contributed by atoms with van der Waals surface area (Å²) in [6.45, 7) is 1.48. The Morgan fingerprint density at radius 3 is 2.73 bits per heavy atom. The van der Waals surface area contributed by atoms with Crippen molar-refractivity contribution in [2.75, 3.05) is 33.4 Å². The largest absolute Gasteiger partial charge is 0.389 e. The van der Waals surface area contributed by atoms with Crippen LogP contribution in [0, 0.1) is 0 Å². The van der Waals surface area contributed by atoms with E-state index >= 15 is 0 Å². The minimum atomic E-state index is -0.611. The van der Waals surface area contributed by atoms with Gasteiger partial charge in [0.05, 0.1) is 25.3 Å². The molecule has 2 N–H and O–H groups in total. The first-order chi connectivity index (χ1) is 12.7. The Kier molecular flexibility index (Phi) is 6.39. The lowest BCUT2D eigenvalue weighted by atomic mass is 9.88. The molecule has 0 fully saturated rings. The average molecular weight is 354 g/mol. The topological polar surface area (TPSA) is 61.8 Å². The minimum absolute atomic E-state index is 0.0398. The first kappa shape index (κ1) is 18.6. The van der Waals surface area contributed by atoms with E-state index in [4.69, 9.17) is 4.74 Å². The number of carbonyl (C=O) groups excluding carboxylic acids is 1. The van der Waals surface area contributed by atoms with Crippen molar-refractivity contribution in [3.63, 3.8) is 0 Å². The molecule has 1 amide bonds. The number of hydrogen-bond donors (Lipinski definition) is 2. The molecule has 5 heteroatoms. The fraction of sp³-hybridized carbons (Fsp3) is 0.381. The first-order valence-corrected chi connectivity index (χ1v) is 9.00. The van der Waals surface area contributed by atoms with Gasteiger partial charge in [-0.3, -0.25) is 4.79 Å². The zero-order chi connectivity index (χ0) is 18.4. The van der Waals surface area contributed by atoms with E-state index in [0.29, 0.717) is 13.1 Å². The number of benzene rings is 2. The Balaban J connectivity index is 1.76. The highest BCUT2D eigenvalue weighted by atomic mass is 16.5. The van der Waals surface area contributed by atoms with Gasteiger partial charge in [-0.2, -0.15) is 0 Å². The zero-order valence-electron chi connectivity index (χ0n) is 15.1. The summed E-state index contributed by atoms with van der Waals surface area (Å²) in [7, 11) is 1.55. The van der Waals surface area contributed by atoms with Crippen molar-refractivity contribution in [1.29, 1.82) is 0 Å². The fourth-order valence-corrected chi connectivity index (χ4v) is 3.53. The maximum atomic E-state index is 12.9. The molecular formula is C21H26N2O3. The Labute approximate surface area is 154 Å². The molecule has 26 heavy (non-hydrogen) atoms. The second-order valence-electron chi connectivity index (χ2n) is 6.59. The van der Waals surface area contributed by atoms with Crippen LogP contribution < -0.4 is 5.32 Å². The molecule has 0 saturated carbocycles. The number of aliphatic hydroxyl groups excluding tert-OH is 1. The summed E-state index contributed by atoms with van der Waals surface area (Å²) >= 11 is 0. The van der Waals surface area contributed by atoms with Crippen LogP contribution in [0.15, 0.2) is 54.6 Å². The zero-order valence-corrected chi connectivity index (χ0v) is 15.1. The van der Waals surface area contributed by atoms with Gasteiger partial charge in [-0.15, -0.1) is 0 Å². The summed E-state index contributed by atoms with van der Waals surface area (Å²) in [6.07, 6.45) is 0.247. The number of nitrogens with one attached hydrogen (secondary N) is 1. The van der Waals surface area contributed by atoms with Gasteiger partial charge in [0.25, 0.3) is 0 Å². The predicted molar refractivity (Wildman–Crippen MR) is 101 cm³/mol. The molecule has 3 rings (SSSR count). The molecule has 0 spiro atoms. The Morgan fingerprint density at radius 2 is 1.96 bits per heavy atom. The van der Waals surface area contributed by atoms with Crippen LogP contribution in [0.1, 0.15) is 22.7 Å². The van der Waals surface area contributed by atoms with Crippen molar-refractivity contribution < 1.29 is 14.6 Å². The molecule has 1 unspecified atom stereocenters. The molecule has 5 nitrogen and oxygen atoms in total. The molecule has 1 heterocycles. The quantitative estimate of drug-likeness (QED) is 0.795. The number of fused-ring (bicyclic) bond motifs is 1. The smallest absolute Gasteiger partial charge is 0.237 e. The van der Waals surface area contributed by atoms with Crippen molar-refractivity contribution in [3.8, 4) is 0 Å². The highest BCUT2D eigenvalue weighted by molar-refractivity contribution is 5.79. The second-order valence-corrected chi connectivity index (χ2v) is 6.59. The highest BCUT2D eigenvalue weighted by Gasteiger charge is 2.31. The highest BCUT2D eigenvalue weighted by Crippen LogP contribution is 2.34. The third-order valence-corrected chi connectivity index (χ3v) is 4.73. The molecule has 0 aromatic heterocycles. The summed E-state index contributed by atoms with van der Waals surface area (Å²) in [5.74, 6) is 0.0398. The van der Waals surface area contributed by atoms with Crippen molar-refractivity contribution in [3.05, 3.63) is 71.3 Å². The lowest BCUT2D eigenvalue weighted by molar-refractivity contribution is -0.132. The molecule has 1 aliphatic rings. The van der Waals surface area contributed by atoms with E-state index in [0.717, 1.165) is 12.0 Å². The number of ether oxygens (including phenoxy) is 1. The molecular weight excluding hydrogens is 328 g/mol. The molecule has 2 aromatic carbocycles. The van der Waals surface area contributed by atoms with Crippen LogP contribution in [0.3, 0.4) is 0 Å². The summed E-state index contributed by atoms with van der Waals surface area (Å²) in [5.41, 5.74) is 3.61. The third kappa shape index (κ3) is 4.30. The summed E-state index contributed by atoms with van der Waals surface area (Å²) in [6, 6.07) is 18.4. The fourth-order valence-electron chi connectivity index (χ4n) is 3.53. The number of methoxy groups -OCH3 is 1. The third-order valence-electron chi connectivity index (χ3n) is 4.73. The summed E-state index contributed by atoms with van der Waals surface area (Å²) in [4.78, 5) is 14.8. The van der Waals surface area contributed by atoms with Crippen molar-refractivity contribution in [2.24, 2.45) is 0 Å². The van der Waals surface area contributed by atoms with Crippen LogP contribution in [-0.2, 0) is 16.0 Å². The average Bonchev–Trinajstić information content (AvgIpc) is 2.68. The van der Waals surface area contributed by atoms with Crippen molar-refractivity contribution in [2.45, 2.75) is 18.6 Å². The molecule has 0 radical (unpaired) electrons. The van der Waals surface area contributed by atoms with E-state index in [1.165, 1.54) is 11.1 Å². The van der Waals surface area contributed by atoms with Gasteiger partial charge in [-0.1, -0.05) is 54.6 Å². The van der Waals surface area contributed by atoms with E-state index in [1.54, 1.807) is 7.11 Å². The first-order valence-electron chi connectivity index (χ1n) is 9.00. The number of hydrogen-bond acceptors (Lipinski definition) is 4. The molecule has 0 aliphatic carbocycles. The monoisotopic (exact) mass is 354 g/mol. The summed E-state index contributed by atoms with van der Waals surface area (Å²) in [5, 5.41) is 12.8. The lowest BCUT2D eigenvalue weighted by Gasteiger charge is -2.38. The van der Waals surface area contributed by atoms with Crippen LogP contribution in [0.4, 0.5) is 0 Å². The number of nitrogens with zero attached hydrogens (tertiary/aromatic N) is 1. The molecule has 2 aromatic rings. The predicted octanol–water partition coefficient (Wildman–Crippen LogP) is 1.76. The van der Waals surface area contributed by atoms with Crippen molar-refractivity contribution in [1.82, 2.24) is 10.2 Å². The Hall–Kier alpha value is -2.21. The van der Waals surface area contributed by atoms with Gasteiger partial charge < -0.3 is 20.1 Å². The van der Waals surface area contributed by atoms with Gasteiger partial charge in [-0.05, 0) is 23.1 Å². The van der Waals surface area contributed by atoms with Gasteiger partial charge in [0, 0.05) is 20.2 Å². The lowest BCUT2D eigenvalue weighted by Crippen LogP contribution is -2.45. The van der Waals surface area contributed by atoms with E-state index in [9.17, 15) is 9.90 Å².